The van der Waals surface area contributed by atoms with E-state index in [4.69, 9.17) is 4.74 Å². The van der Waals surface area contributed by atoms with Crippen LogP contribution in [0.1, 0.15) is 13.8 Å². The van der Waals surface area contributed by atoms with Gasteiger partial charge >= 0.3 is 5.97 Å². The van der Waals surface area contributed by atoms with Gasteiger partial charge in [0.2, 0.25) is 5.91 Å². The first-order chi connectivity index (χ1) is 8.06. The van der Waals surface area contributed by atoms with Crippen molar-refractivity contribution in [1.29, 1.82) is 0 Å². The summed E-state index contributed by atoms with van der Waals surface area (Å²) in [7, 11) is 1.31. The number of rotatable bonds is 4. The standard InChI is InChI=1S/C11H20N2O4/c1-7(2)9(11(15)16-3)13-10(14)8-6-17-5-4-12-8/h7-9,12H,4-6H2,1-3H3,(H,13,14)/t8?,9-/m1/s1. The van der Waals surface area contributed by atoms with Gasteiger partial charge in [-0.25, -0.2) is 4.79 Å². The summed E-state index contributed by atoms with van der Waals surface area (Å²) in [6, 6.07) is -1.01. The van der Waals surface area contributed by atoms with Gasteiger partial charge in [-0.15, -0.1) is 0 Å². The Labute approximate surface area is 101 Å². The van der Waals surface area contributed by atoms with Crippen LogP contribution in [0.2, 0.25) is 0 Å². The lowest BCUT2D eigenvalue weighted by Crippen LogP contribution is -2.56. The fraction of sp³-hybridized carbons (Fsp3) is 0.818. The van der Waals surface area contributed by atoms with Crippen LogP contribution in [0.25, 0.3) is 0 Å². The van der Waals surface area contributed by atoms with Gasteiger partial charge < -0.3 is 20.1 Å². The van der Waals surface area contributed by atoms with Gasteiger partial charge in [0, 0.05) is 6.54 Å². The average Bonchev–Trinajstić information content (AvgIpc) is 2.35. The van der Waals surface area contributed by atoms with Crippen molar-refractivity contribution in [3.8, 4) is 0 Å². The number of methoxy groups -OCH3 is 1. The van der Waals surface area contributed by atoms with Crippen molar-refractivity contribution in [1.82, 2.24) is 10.6 Å². The van der Waals surface area contributed by atoms with Gasteiger partial charge in [-0.2, -0.15) is 0 Å². The van der Waals surface area contributed by atoms with Gasteiger partial charge in [0.1, 0.15) is 12.1 Å². The van der Waals surface area contributed by atoms with Gasteiger partial charge in [-0.1, -0.05) is 13.8 Å². The van der Waals surface area contributed by atoms with Crippen LogP contribution in [0.3, 0.4) is 0 Å². The fourth-order valence-corrected chi connectivity index (χ4v) is 1.61. The summed E-state index contributed by atoms with van der Waals surface area (Å²) in [4.78, 5) is 23.4. The Morgan fingerprint density at radius 2 is 2.18 bits per heavy atom. The number of hydrogen-bond donors (Lipinski definition) is 2. The maximum atomic E-state index is 11.9. The zero-order chi connectivity index (χ0) is 12.8. The molecule has 1 unspecified atom stereocenters. The highest BCUT2D eigenvalue weighted by atomic mass is 16.5. The summed E-state index contributed by atoms with van der Waals surface area (Å²) in [6.45, 7) is 5.29. The molecule has 0 aromatic rings. The van der Waals surface area contributed by atoms with Crippen LogP contribution in [-0.2, 0) is 19.1 Å². The van der Waals surface area contributed by atoms with E-state index in [-0.39, 0.29) is 11.8 Å². The first-order valence-electron chi connectivity index (χ1n) is 5.75. The van der Waals surface area contributed by atoms with Gasteiger partial charge in [0.15, 0.2) is 0 Å². The van der Waals surface area contributed by atoms with Crippen molar-refractivity contribution >= 4 is 11.9 Å². The van der Waals surface area contributed by atoms with Gasteiger partial charge in [-0.05, 0) is 5.92 Å². The lowest BCUT2D eigenvalue weighted by Gasteiger charge is -2.26. The zero-order valence-corrected chi connectivity index (χ0v) is 10.5. The number of carbonyl (C=O) groups is 2. The van der Waals surface area contributed by atoms with E-state index < -0.39 is 18.1 Å². The normalized spacial score (nSPS) is 22.0. The molecule has 1 saturated heterocycles. The molecule has 1 fully saturated rings. The second-order valence-electron chi connectivity index (χ2n) is 4.34. The lowest BCUT2D eigenvalue weighted by atomic mass is 10.0. The smallest absolute Gasteiger partial charge is 0.328 e. The molecule has 0 aliphatic carbocycles. The molecule has 0 radical (unpaired) electrons. The third-order valence-electron chi connectivity index (χ3n) is 2.66. The maximum absolute atomic E-state index is 11.9. The third kappa shape index (κ3) is 3.98. The lowest BCUT2D eigenvalue weighted by molar-refractivity contribution is -0.147. The zero-order valence-electron chi connectivity index (χ0n) is 10.5. The number of hydrogen-bond acceptors (Lipinski definition) is 5. The second-order valence-corrected chi connectivity index (χ2v) is 4.34. The summed E-state index contributed by atoms with van der Waals surface area (Å²) < 4.78 is 9.85. The summed E-state index contributed by atoms with van der Waals surface area (Å²) in [5.41, 5.74) is 0. The summed E-state index contributed by atoms with van der Waals surface area (Å²) in [5.74, 6) is -0.671. The Bertz CT molecular complexity index is 275. The highest BCUT2D eigenvalue weighted by Crippen LogP contribution is 2.04. The Morgan fingerprint density at radius 1 is 1.47 bits per heavy atom. The van der Waals surface area contributed by atoms with Crippen molar-refractivity contribution < 1.29 is 19.1 Å². The van der Waals surface area contributed by atoms with E-state index in [2.05, 4.69) is 15.4 Å². The number of ether oxygens (including phenoxy) is 2. The van der Waals surface area contributed by atoms with Crippen molar-refractivity contribution in [2.75, 3.05) is 26.9 Å². The largest absolute Gasteiger partial charge is 0.467 e. The van der Waals surface area contributed by atoms with Crippen molar-refractivity contribution in [2.24, 2.45) is 5.92 Å². The number of morpholine rings is 1. The van der Waals surface area contributed by atoms with E-state index in [1.165, 1.54) is 7.11 Å². The molecular weight excluding hydrogens is 224 g/mol. The van der Waals surface area contributed by atoms with E-state index in [1.807, 2.05) is 13.8 Å². The number of nitrogens with one attached hydrogen (secondary N) is 2. The molecule has 0 aromatic heterocycles. The molecule has 0 bridgehead atoms. The summed E-state index contributed by atoms with van der Waals surface area (Å²) >= 11 is 0. The van der Waals surface area contributed by atoms with Crippen LogP contribution >= 0.6 is 0 Å². The highest BCUT2D eigenvalue weighted by Gasteiger charge is 2.29. The quantitative estimate of drug-likeness (QED) is 0.639. The Balaban J connectivity index is 2.54. The molecule has 0 saturated carbocycles. The minimum atomic E-state index is -0.615. The predicted molar refractivity (Wildman–Crippen MR) is 61.4 cm³/mol. The third-order valence-corrected chi connectivity index (χ3v) is 2.66. The molecule has 1 amide bonds. The SMILES string of the molecule is COC(=O)[C@H](NC(=O)C1COCCN1)C(C)C. The minimum Gasteiger partial charge on any atom is -0.467 e. The highest BCUT2D eigenvalue weighted by molar-refractivity contribution is 5.87. The molecule has 1 aliphatic rings. The molecule has 6 nitrogen and oxygen atoms in total. The molecule has 1 aliphatic heterocycles. The van der Waals surface area contributed by atoms with E-state index >= 15 is 0 Å². The predicted octanol–water partition coefficient (Wildman–Crippen LogP) is -0.711. The van der Waals surface area contributed by atoms with Crippen LogP contribution in [0, 0.1) is 5.92 Å². The van der Waals surface area contributed by atoms with Gasteiger partial charge in [-0.3, -0.25) is 4.79 Å². The number of esters is 1. The Hall–Kier alpha value is -1.14. The molecule has 17 heavy (non-hydrogen) atoms. The summed E-state index contributed by atoms with van der Waals surface area (Å²) in [5, 5.41) is 5.71. The molecular formula is C11H20N2O4. The van der Waals surface area contributed by atoms with Gasteiger partial charge in [0.05, 0.1) is 20.3 Å². The van der Waals surface area contributed by atoms with Crippen LogP contribution < -0.4 is 10.6 Å². The molecule has 1 rings (SSSR count). The second kappa shape index (κ2) is 6.56. The first kappa shape index (κ1) is 13.9. The maximum Gasteiger partial charge on any atom is 0.328 e. The minimum absolute atomic E-state index is 0.0177. The van der Waals surface area contributed by atoms with Crippen LogP contribution in [0.5, 0.6) is 0 Å². The number of carbonyl (C=O) groups excluding carboxylic acids is 2. The van der Waals surface area contributed by atoms with E-state index in [1.54, 1.807) is 0 Å². The van der Waals surface area contributed by atoms with Crippen LogP contribution in [0.15, 0.2) is 0 Å². The van der Waals surface area contributed by atoms with Gasteiger partial charge in [0.25, 0.3) is 0 Å². The number of amides is 1. The van der Waals surface area contributed by atoms with Crippen molar-refractivity contribution in [2.45, 2.75) is 25.9 Å². The molecule has 0 spiro atoms. The first-order valence-corrected chi connectivity index (χ1v) is 5.75. The molecule has 2 N–H and O–H groups in total. The molecule has 6 heteroatoms. The van der Waals surface area contributed by atoms with E-state index in [0.29, 0.717) is 19.8 Å². The Kier molecular flexibility index (Phi) is 5.37. The van der Waals surface area contributed by atoms with Crippen LogP contribution in [0.4, 0.5) is 0 Å². The average molecular weight is 244 g/mol. The monoisotopic (exact) mass is 244 g/mol. The van der Waals surface area contributed by atoms with Crippen molar-refractivity contribution in [3.63, 3.8) is 0 Å². The molecule has 0 aromatic carbocycles. The van der Waals surface area contributed by atoms with E-state index in [9.17, 15) is 9.59 Å². The van der Waals surface area contributed by atoms with E-state index in [0.717, 1.165) is 0 Å². The van der Waals surface area contributed by atoms with Crippen molar-refractivity contribution in [3.05, 3.63) is 0 Å². The Morgan fingerprint density at radius 3 is 2.65 bits per heavy atom. The molecule has 2 atom stereocenters. The van der Waals surface area contributed by atoms with Crippen LogP contribution in [-0.4, -0.2) is 50.8 Å². The molecule has 98 valence electrons. The summed E-state index contributed by atoms with van der Waals surface area (Å²) in [6.07, 6.45) is 0. The molecule has 1 heterocycles. The fourth-order valence-electron chi connectivity index (χ4n) is 1.61. The topological polar surface area (TPSA) is 76.7 Å².